The van der Waals surface area contributed by atoms with Crippen LogP contribution in [-0.4, -0.2) is 23.7 Å². The summed E-state index contributed by atoms with van der Waals surface area (Å²) < 4.78 is 11.5. The summed E-state index contributed by atoms with van der Waals surface area (Å²) in [5, 5.41) is 0. The summed E-state index contributed by atoms with van der Waals surface area (Å²) in [7, 11) is 0. The van der Waals surface area contributed by atoms with E-state index in [0.29, 0.717) is 29.4 Å². The Labute approximate surface area is 138 Å². The molecule has 23 heavy (non-hydrogen) atoms. The van der Waals surface area contributed by atoms with Gasteiger partial charge in [-0.2, -0.15) is 0 Å². The van der Waals surface area contributed by atoms with E-state index in [4.69, 9.17) is 9.47 Å². The summed E-state index contributed by atoms with van der Waals surface area (Å²) in [5.41, 5.74) is 2.65. The molecule has 1 aromatic heterocycles. The lowest BCUT2D eigenvalue weighted by atomic mass is 9.65. The Bertz CT molecular complexity index is 597. The quantitative estimate of drug-likeness (QED) is 0.763. The van der Waals surface area contributed by atoms with E-state index in [2.05, 4.69) is 18.8 Å². The van der Waals surface area contributed by atoms with E-state index in [-0.39, 0.29) is 12.1 Å². The van der Waals surface area contributed by atoms with Gasteiger partial charge in [-0.15, -0.1) is 0 Å². The monoisotopic (exact) mass is 317 g/mol. The highest BCUT2D eigenvalue weighted by atomic mass is 16.5. The van der Waals surface area contributed by atoms with Gasteiger partial charge in [0.15, 0.2) is 0 Å². The number of ether oxygens (including phenoxy) is 2. The standard InChI is InChI=1S/C19H27NO3/c1-12-8-13(2)20-17(23-15-6-5-7-15)16(12)18(21)22-11-14-9-19(3,4)10-14/h8,14-15H,5-7,9-11H2,1-4H3. The predicted molar refractivity (Wildman–Crippen MR) is 88.8 cm³/mol. The van der Waals surface area contributed by atoms with E-state index in [0.717, 1.165) is 36.9 Å². The zero-order valence-electron chi connectivity index (χ0n) is 14.6. The Morgan fingerprint density at radius 2 is 2.00 bits per heavy atom. The van der Waals surface area contributed by atoms with Crippen molar-refractivity contribution in [2.24, 2.45) is 11.3 Å². The number of carbonyl (C=O) groups excluding carboxylic acids is 1. The smallest absolute Gasteiger partial charge is 0.343 e. The van der Waals surface area contributed by atoms with E-state index in [1.54, 1.807) is 0 Å². The highest BCUT2D eigenvalue weighted by Gasteiger charge is 2.37. The van der Waals surface area contributed by atoms with Crippen molar-refractivity contribution in [2.75, 3.05) is 6.61 Å². The first-order chi connectivity index (χ1) is 10.8. The third-order valence-electron chi connectivity index (χ3n) is 4.98. The lowest BCUT2D eigenvalue weighted by Crippen LogP contribution is -2.35. The number of hydrogen-bond acceptors (Lipinski definition) is 4. The summed E-state index contributed by atoms with van der Waals surface area (Å²) in [4.78, 5) is 17.0. The molecule has 0 unspecified atom stereocenters. The molecule has 0 aromatic carbocycles. The fourth-order valence-corrected chi connectivity index (χ4v) is 3.67. The van der Waals surface area contributed by atoms with Gasteiger partial charge in [0.25, 0.3) is 0 Å². The molecule has 0 N–H and O–H groups in total. The van der Waals surface area contributed by atoms with Crippen molar-refractivity contribution in [1.82, 2.24) is 4.98 Å². The Balaban J connectivity index is 1.68. The van der Waals surface area contributed by atoms with Gasteiger partial charge in [-0.05, 0) is 68.9 Å². The molecule has 1 aromatic rings. The maximum absolute atomic E-state index is 12.5. The molecule has 2 aliphatic rings. The molecule has 0 amide bonds. The van der Waals surface area contributed by atoms with Crippen LogP contribution in [0, 0.1) is 25.2 Å². The molecule has 0 aliphatic heterocycles. The second kappa shape index (κ2) is 6.14. The number of aryl methyl sites for hydroxylation is 2. The molecule has 4 heteroatoms. The minimum Gasteiger partial charge on any atom is -0.474 e. The fourth-order valence-electron chi connectivity index (χ4n) is 3.67. The van der Waals surface area contributed by atoms with Crippen molar-refractivity contribution in [3.8, 4) is 5.88 Å². The summed E-state index contributed by atoms with van der Waals surface area (Å²) in [5.74, 6) is 0.642. The molecular weight excluding hydrogens is 290 g/mol. The number of esters is 1. The van der Waals surface area contributed by atoms with Crippen LogP contribution in [-0.2, 0) is 4.74 Å². The molecule has 0 atom stereocenters. The van der Waals surface area contributed by atoms with Crippen molar-refractivity contribution in [1.29, 1.82) is 0 Å². The number of nitrogens with zero attached hydrogens (tertiary/aromatic N) is 1. The average Bonchev–Trinajstić information content (AvgIpc) is 2.37. The molecule has 2 fully saturated rings. The number of pyridine rings is 1. The summed E-state index contributed by atoms with van der Waals surface area (Å²) in [6.07, 6.45) is 5.71. The number of hydrogen-bond donors (Lipinski definition) is 0. The third-order valence-corrected chi connectivity index (χ3v) is 4.98. The van der Waals surface area contributed by atoms with Crippen LogP contribution in [0.4, 0.5) is 0 Å². The van der Waals surface area contributed by atoms with E-state index < -0.39 is 0 Å². The minimum atomic E-state index is -0.297. The topological polar surface area (TPSA) is 48.4 Å². The molecule has 0 saturated heterocycles. The van der Waals surface area contributed by atoms with E-state index in [9.17, 15) is 4.79 Å². The van der Waals surface area contributed by atoms with Crippen molar-refractivity contribution in [2.45, 2.75) is 65.9 Å². The van der Waals surface area contributed by atoms with Gasteiger partial charge in [-0.25, -0.2) is 9.78 Å². The second-order valence-electron chi connectivity index (χ2n) is 7.97. The van der Waals surface area contributed by atoms with Gasteiger partial charge in [-0.1, -0.05) is 13.8 Å². The van der Waals surface area contributed by atoms with E-state index in [1.165, 1.54) is 6.42 Å². The molecule has 126 valence electrons. The third kappa shape index (κ3) is 3.67. The first kappa shape index (κ1) is 16.3. The molecular formula is C19H27NO3. The maximum Gasteiger partial charge on any atom is 0.343 e. The lowest BCUT2D eigenvalue weighted by molar-refractivity contribution is 0.00902. The van der Waals surface area contributed by atoms with Crippen LogP contribution in [0.3, 0.4) is 0 Å². The zero-order chi connectivity index (χ0) is 16.6. The van der Waals surface area contributed by atoms with E-state index >= 15 is 0 Å². The highest BCUT2D eigenvalue weighted by Crippen LogP contribution is 2.44. The Morgan fingerprint density at radius 1 is 1.30 bits per heavy atom. The van der Waals surface area contributed by atoms with Crippen LogP contribution in [0.5, 0.6) is 5.88 Å². The molecule has 0 bridgehead atoms. The predicted octanol–water partition coefficient (Wildman–Crippen LogP) is 4.22. The van der Waals surface area contributed by atoms with Crippen LogP contribution in [0.15, 0.2) is 6.07 Å². The number of aromatic nitrogens is 1. The Morgan fingerprint density at radius 3 is 2.57 bits per heavy atom. The van der Waals surface area contributed by atoms with Crippen LogP contribution in [0.1, 0.15) is 67.6 Å². The van der Waals surface area contributed by atoms with Gasteiger partial charge < -0.3 is 9.47 Å². The largest absolute Gasteiger partial charge is 0.474 e. The molecule has 0 radical (unpaired) electrons. The summed E-state index contributed by atoms with van der Waals surface area (Å²) >= 11 is 0. The van der Waals surface area contributed by atoms with Crippen LogP contribution < -0.4 is 4.74 Å². The van der Waals surface area contributed by atoms with Crippen molar-refractivity contribution >= 4 is 5.97 Å². The Kier molecular flexibility index (Phi) is 4.35. The molecule has 4 nitrogen and oxygen atoms in total. The van der Waals surface area contributed by atoms with Crippen molar-refractivity contribution in [3.05, 3.63) is 22.9 Å². The molecule has 3 rings (SSSR count). The Hall–Kier alpha value is -1.58. The fraction of sp³-hybridized carbons (Fsp3) is 0.684. The maximum atomic E-state index is 12.5. The second-order valence-corrected chi connectivity index (χ2v) is 7.97. The minimum absolute atomic E-state index is 0.197. The van der Waals surface area contributed by atoms with Gasteiger partial charge in [0.2, 0.25) is 5.88 Å². The van der Waals surface area contributed by atoms with Gasteiger partial charge in [-0.3, -0.25) is 0 Å². The van der Waals surface area contributed by atoms with Crippen LogP contribution in [0.2, 0.25) is 0 Å². The van der Waals surface area contributed by atoms with Gasteiger partial charge in [0.05, 0.1) is 6.61 Å². The summed E-state index contributed by atoms with van der Waals surface area (Å²) in [6, 6.07) is 1.91. The zero-order valence-corrected chi connectivity index (χ0v) is 14.6. The molecule has 2 saturated carbocycles. The van der Waals surface area contributed by atoms with Crippen LogP contribution in [0.25, 0.3) is 0 Å². The SMILES string of the molecule is Cc1cc(C)c(C(=O)OCC2CC(C)(C)C2)c(OC2CCC2)n1. The summed E-state index contributed by atoms with van der Waals surface area (Å²) in [6.45, 7) is 8.85. The first-order valence-corrected chi connectivity index (χ1v) is 8.66. The normalized spacial score (nSPS) is 20.5. The molecule has 1 heterocycles. The van der Waals surface area contributed by atoms with Gasteiger partial charge in [0, 0.05) is 5.69 Å². The number of rotatable bonds is 5. The van der Waals surface area contributed by atoms with Crippen molar-refractivity contribution in [3.63, 3.8) is 0 Å². The lowest BCUT2D eigenvalue weighted by Gasteiger charge is -2.42. The van der Waals surface area contributed by atoms with Crippen molar-refractivity contribution < 1.29 is 14.3 Å². The van der Waals surface area contributed by atoms with Gasteiger partial charge >= 0.3 is 5.97 Å². The molecule has 0 spiro atoms. The number of carbonyl (C=O) groups is 1. The van der Waals surface area contributed by atoms with Crippen LogP contribution >= 0.6 is 0 Å². The molecule has 2 aliphatic carbocycles. The average molecular weight is 317 g/mol. The highest BCUT2D eigenvalue weighted by molar-refractivity contribution is 5.93. The first-order valence-electron chi connectivity index (χ1n) is 8.66. The van der Waals surface area contributed by atoms with E-state index in [1.807, 2.05) is 19.9 Å². The van der Waals surface area contributed by atoms with Gasteiger partial charge in [0.1, 0.15) is 11.7 Å².